The number of hydrazone groups is 1. The molecule has 1 atom stereocenters. The Morgan fingerprint density at radius 1 is 1.06 bits per heavy atom. The second kappa shape index (κ2) is 8.03. The summed E-state index contributed by atoms with van der Waals surface area (Å²) in [4.78, 5) is 12.3. The first-order chi connectivity index (χ1) is 16.0. The first-order valence-electron chi connectivity index (χ1n) is 10.9. The number of hydrogen-bond donors (Lipinski definition) is 2. The Hall–Kier alpha value is -3.68. The number of nitrogens with one attached hydrogen (secondary N) is 1. The van der Waals surface area contributed by atoms with Gasteiger partial charge in [0.15, 0.2) is 11.5 Å². The SMILES string of the molecule is COc1cc([C@H]2CC(c3c(C)cc4oc(=O)c5c(c4c3O)CCC5)=NN2)cc(OC)c1OC. The van der Waals surface area contributed by atoms with Crippen LogP contribution in [0.5, 0.6) is 23.0 Å². The summed E-state index contributed by atoms with van der Waals surface area (Å²) in [5, 5.41) is 16.5. The van der Waals surface area contributed by atoms with Gasteiger partial charge in [-0.2, -0.15) is 5.10 Å². The van der Waals surface area contributed by atoms with Crippen LogP contribution in [0.15, 0.2) is 32.5 Å². The Morgan fingerprint density at radius 2 is 1.76 bits per heavy atom. The number of benzene rings is 2. The van der Waals surface area contributed by atoms with Gasteiger partial charge in [-0.05, 0) is 61.1 Å². The Labute approximate surface area is 190 Å². The molecule has 5 rings (SSSR count). The second-order valence-corrected chi connectivity index (χ2v) is 8.39. The van der Waals surface area contributed by atoms with Crippen molar-refractivity contribution in [1.82, 2.24) is 5.43 Å². The molecule has 2 aromatic carbocycles. The molecule has 2 N–H and O–H groups in total. The van der Waals surface area contributed by atoms with Crippen LogP contribution in [0.4, 0.5) is 0 Å². The third-order valence-electron chi connectivity index (χ3n) is 6.56. The van der Waals surface area contributed by atoms with Gasteiger partial charge in [-0.3, -0.25) is 0 Å². The molecule has 8 heteroatoms. The molecule has 1 aliphatic carbocycles. The van der Waals surface area contributed by atoms with Crippen molar-refractivity contribution in [3.05, 3.63) is 56.4 Å². The van der Waals surface area contributed by atoms with Gasteiger partial charge >= 0.3 is 5.63 Å². The maximum atomic E-state index is 12.3. The molecule has 8 nitrogen and oxygen atoms in total. The van der Waals surface area contributed by atoms with E-state index >= 15 is 0 Å². The summed E-state index contributed by atoms with van der Waals surface area (Å²) < 4.78 is 21.9. The number of aromatic hydroxyl groups is 1. The van der Waals surface area contributed by atoms with Crippen LogP contribution in [0.3, 0.4) is 0 Å². The number of nitrogens with zero attached hydrogens (tertiary/aromatic N) is 1. The molecular weight excluding hydrogens is 424 g/mol. The van der Waals surface area contributed by atoms with Crippen molar-refractivity contribution in [2.75, 3.05) is 21.3 Å². The van der Waals surface area contributed by atoms with Crippen LogP contribution >= 0.6 is 0 Å². The fraction of sp³-hybridized carbons (Fsp3) is 0.360. The lowest BCUT2D eigenvalue weighted by molar-refractivity contribution is 0.323. The summed E-state index contributed by atoms with van der Waals surface area (Å²) >= 11 is 0. The van der Waals surface area contributed by atoms with Crippen LogP contribution in [0.1, 0.15) is 46.7 Å². The minimum absolute atomic E-state index is 0.123. The predicted octanol–water partition coefficient (Wildman–Crippen LogP) is 3.76. The summed E-state index contributed by atoms with van der Waals surface area (Å²) in [6.07, 6.45) is 2.87. The van der Waals surface area contributed by atoms with Crippen LogP contribution in [-0.4, -0.2) is 32.1 Å². The highest BCUT2D eigenvalue weighted by molar-refractivity contribution is 6.09. The zero-order valence-electron chi connectivity index (χ0n) is 19.1. The summed E-state index contributed by atoms with van der Waals surface area (Å²) in [6.45, 7) is 1.89. The molecule has 2 heterocycles. The van der Waals surface area contributed by atoms with E-state index in [4.69, 9.17) is 18.6 Å². The molecule has 33 heavy (non-hydrogen) atoms. The van der Waals surface area contributed by atoms with Crippen LogP contribution in [0.25, 0.3) is 11.0 Å². The molecule has 0 unspecified atom stereocenters. The zero-order chi connectivity index (χ0) is 23.3. The summed E-state index contributed by atoms with van der Waals surface area (Å²) in [7, 11) is 4.73. The van der Waals surface area contributed by atoms with Crippen molar-refractivity contribution in [2.24, 2.45) is 5.10 Å². The number of phenols is 1. The van der Waals surface area contributed by atoms with Gasteiger partial charge in [0, 0.05) is 17.5 Å². The number of phenolic OH excluding ortho intramolecular Hbond substituents is 1. The molecule has 0 spiro atoms. The van der Waals surface area contributed by atoms with Crippen molar-refractivity contribution in [3.63, 3.8) is 0 Å². The first kappa shape index (κ1) is 21.2. The Balaban J connectivity index is 1.55. The van der Waals surface area contributed by atoms with Gasteiger partial charge in [-0.15, -0.1) is 0 Å². The van der Waals surface area contributed by atoms with E-state index in [2.05, 4.69) is 10.5 Å². The number of methoxy groups -OCH3 is 3. The number of ether oxygens (including phenoxy) is 3. The van der Waals surface area contributed by atoms with Crippen molar-refractivity contribution in [2.45, 2.75) is 38.6 Å². The van der Waals surface area contributed by atoms with Crippen molar-refractivity contribution >= 4 is 16.7 Å². The number of fused-ring (bicyclic) bond motifs is 3. The van der Waals surface area contributed by atoms with E-state index in [9.17, 15) is 9.90 Å². The molecule has 0 saturated carbocycles. The average molecular weight is 450 g/mol. The fourth-order valence-electron chi connectivity index (χ4n) is 5.01. The first-order valence-corrected chi connectivity index (χ1v) is 10.9. The Morgan fingerprint density at radius 3 is 2.42 bits per heavy atom. The van der Waals surface area contributed by atoms with Gasteiger partial charge in [0.05, 0.1) is 38.5 Å². The maximum absolute atomic E-state index is 12.3. The smallest absolute Gasteiger partial charge is 0.339 e. The molecule has 0 fully saturated rings. The largest absolute Gasteiger partial charge is 0.506 e. The fourth-order valence-corrected chi connectivity index (χ4v) is 5.01. The minimum atomic E-state index is -0.302. The van der Waals surface area contributed by atoms with E-state index in [1.165, 1.54) is 0 Å². The Bertz CT molecular complexity index is 1330. The van der Waals surface area contributed by atoms with Crippen LogP contribution in [0.2, 0.25) is 0 Å². The molecule has 0 bridgehead atoms. The number of hydrogen-bond acceptors (Lipinski definition) is 8. The molecule has 1 aromatic heterocycles. The van der Waals surface area contributed by atoms with E-state index < -0.39 is 0 Å². The lowest BCUT2D eigenvalue weighted by Gasteiger charge is -2.17. The number of aryl methyl sites for hydroxylation is 2. The van der Waals surface area contributed by atoms with E-state index in [1.807, 2.05) is 25.1 Å². The van der Waals surface area contributed by atoms with Gasteiger partial charge in [0.1, 0.15) is 11.3 Å². The van der Waals surface area contributed by atoms with Crippen LogP contribution < -0.4 is 25.3 Å². The molecule has 172 valence electrons. The lowest BCUT2D eigenvalue weighted by Crippen LogP contribution is -2.11. The van der Waals surface area contributed by atoms with Gasteiger partial charge in [-0.1, -0.05) is 0 Å². The third kappa shape index (κ3) is 3.28. The van der Waals surface area contributed by atoms with E-state index in [-0.39, 0.29) is 17.4 Å². The van der Waals surface area contributed by atoms with Gasteiger partial charge < -0.3 is 29.2 Å². The molecule has 0 amide bonds. The number of rotatable bonds is 5. The highest BCUT2D eigenvalue weighted by Gasteiger charge is 2.29. The van der Waals surface area contributed by atoms with E-state index in [1.54, 1.807) is 21.3 Å². The van der Waals surface area contributed by atoms with Gasteiger partial charge in [0.25, 0.3) is 0 Å². The minimum Gasteiger partial charge on any atom is -0.506 e. The molecular formula is C25H26N2O6. The summed E-state index contributed by atoms with van der Waals surface area (Å²) in [5.74, 6) is 1.79. The van der Waals surface area contributed by atoms with Crippen molar-refractivity contribution in [3.8, 4) is 23.0 Å². The summed E-state index contributed by atoms with van der Waals surface area (Å²) in [5.41, 5.74) is 8.01. The molecule has 1 aliphatic heterocycles. The van der Waals surface area contributed by atoms with E-state index in [0.717, 1.165) is 35.2 Å². The van der Waals surface area contributed by atoms with E-state index in [0.29, 0.717) is 52.2 Å². The Kier molecular flexibility index (Phi) is 5.15. The second-order valence-electron chi connectivity index (χ2n) is 8.39. The average Bonchev–Trinajstić information content (AvgIpc) is 3.48. The third-order valence-corrected chi connectivity index (χ3v) is 6.56. The quantitative estimate of drug-likeness (QED) is 0.571. The normalized spacial score (nSPS) is 17.0. The van der Waals surface area contributed by atoms with Crippen LogP contribution in [-0.2, 0) is 12.8 Å². The zero-order valence-corrected chi connectivity index (χ0v) is 19.1. The highest BCUT2D eigenvalue weighted by Crippen LogP contribution is 2.43. The topological polar surface area (TPSA) is 103 Å². The molecule has 2 aliphatic rings. The van der Waals surface area contributed by atoms with Crippen LogP contribution in [0, 0.1) is 6.92 Å². The predicted molar refractivity (Wildman–Crippen MR) is 124 cm³/mol. The van der Waals surface area contributed by atoms with Crippen molar-refractivity contribution in [1.29, 1.82) is 0 Å². The monoisotopic (exact) mass is 450 g/mol. The maximum Gasteiger partial charge on any atom is 0.339 e. The molecule has 0 saturated heterocycles. The van der Waals surface area contributed by atoms with Crippen molar-refractivity contribution < 1.29 is 23.7 Å². The molecule has 0 radical (unpaired) electrons. The standard InChI is InChI=1S/C25H26N2O6/c1-12-8-18-22(14-6-5-7-15(14)25(29)33-18)23(28)21(12)17-11-16(26-27-17)13-9-19(30-2)24(32-4)20(10-13)31-3/h8-10,16,26,28H,5-7,11H2,1-4H3/t16-/m1/s1. The summed E-state index contributed by atoms with van der Waals surface area (Å²) in [6, 6.07) is 5.47. The lowest BCUT2D eigenvalue weighted by atomic mass is 9.92. The highest BCUT2D eigenvalue weighted by atomic mass is 16.5. The van der Waals surface area contributed by atoms with Gasteiger partial charge in [0.2, 0.25) is 5.75 Å². The molecule has 3 aromatic rings. The van der Waals surface area contributed by atoms with Gasteiger partial charge in [-0.25, -0.2) is 4.79 Å².